The van der Waals surface area contributed by atoms with Crippen LogP contribution in [-0.2, 0) is 9.53 Å². The van der Waals surface area contributed by atoms with Crippen molar-refractivity contribution in [2.45, 2.75) is 32.2 Å². The van der Waals surface area contributed by atoms with Gasteiger partial charge in [-0.05, 0) is 25.3 Å². The maximum Gasteiger partial charge on any atom is 0.305 e. The Labute approximate surface area is 91.8 Å². The van der Waals surface area contributed by atoms with Crippen LogP contribution in [0.5, 0.6) is 0 Å². The molecule has 0 aromatic heterocycles. The smallest absolute Gasteiger partial charge is 0.305 e. The Balaban J connectivity index is 2.31. The largest absolute Gasteiger partial charge is 0.469 e. The van der Waals surface area contributed by atoms with Gasteiger partial charge in [0, 0.05) is 25.6 Å². The molecule has 1 aliphatic heterocycles. The van der Waals surface area contributed by atoms with Crippen LogP contribution in [0.25, 0.3) is 0 Å². The number of carbonyl (C=O) groups excluding carboxylic acids is 1. The van der Waals surface area contributed by atoms with E-state index in [1.54, 1.807) is 0 Å². The fourth-order valence-electron chi connectivity index (χ4n) is 2.24. The Morgan fingerprint density at radius 1 is 1.53 bits per heavy atom. The zero-order chi connectivity index (χ0) is 11.3. The molecule has 2 unspecified atom stereocenters. The van der Waals surface area contributed by atoms with Gasteiger partial charge in [-0.1, -0.05) is 6.92 Å². The molecule has 0 aliphatic carbocycles. The molecule has 1 aliphatic rings. The minimum absolute atomic E-state index is 0.114. The van der Waals surface area contributed by atoms with Gasteiger partial charge in [0.2, 0.25) is 0 Å². The molecule has 88 valence electrons. The molecule has 2 N–H and O–H groups in total. The second-order valence-electron chi connectivity index (χ2n) is 4.33. The van der Waals surface area contributed by atoms with Gasteiger partial charge in [-0.2, -0.15) is 0 Å². The van der Waals surface area contributed by atoms with Crippen molar-refractivity contribution in [3.63, 3.8) is 0 Å². The summed E-state index contributed by atoms with van der Waals surface area (Å²) in [5.41, 5.74) is 5.97. The van der Waals surface area contributed by atoms with Gasteiger partial charge in [-0.25, -0.2) is 0 Å². The number of carbonyl (C=O) groups is 1. The zero-order valence-electron chi connectivity index (χ0n) is 9.74. The highest BCUT2D eigenvalue weighted by atomic mass is 16.5. The quantitative estimate of drug-likeness (QED) is 0.697. The highest BCUT2D eigenvalue weighted by Crippen LogP contribution is 2.20. The lowest BCUT2D eigenvalue weighted by Gasteiger charge is -2.35. The van der Waals surface area contributed by atoms with Gasteiger partial charge in [0.05, 0.1) is 7.11 Å². The average Bonchev–Trinajstić information content (AvgIpc) is 2.25. The lowest BCUT2D eigenvalue weighted by molar-refractivity contribution is -0.141. The Bertz CT molecular complexity index is 209. The third-order valence-electron chi connectivity index (χ3n) is 3.08. The predicted octanol–water partition coefficient (Wildman–Crippen LogP) is 0.609. The van der Waals surface area contributed by atoms with E-state index in [-0.39, 0.29) is 12.0 Å². The number of likely N-dealkylation sites (tertiary alicyclic amines) is 1. The van der Waals surface area contributed by atoms with Gasteiger partial charge >= 0.3 is 5.97 Å². The third kappa shape index (κ3) is 4.18. The Kier molecular flexibility index (Phi) is 5.05. The molecule has 0 aromatic carbocycles. The number of nitrogens with two attached hydrogens (primary N) is 1. The normalized spacial score (nSPS) is 27.7. The van der Waals surface area contributed by atoms with Gasteiger partial charge in [0.25, 0.3) is 0 Å². The summed E-state index contributed by atoms with van der Waals surface area (Å²) in [5, 5.41) is 0. The zero-order valence-corrected chi connectivity index (χ0v) is 9.74. The summed E-state index contributed by atoms with van der Waals surface area (Å²) < 4.78 is 4.64. The number of likely N-dealkylation sites (N-methyl/N-ethyl adjacent to an activating group) is 1. The SMILES string of the molecule is CCN1CC(N)CC(CCC(=O)OC)C1. The molecule has 15 heavy (non-hydrogen) atoms. The lowest BCUT2D eigenvalue weighted by Crippen LogP contribution is -2.46. The highest BCUT2D eigenvalue weighted by Gasteiger charge is 2.24. The molecule has 0 amide bonds. The van der Waals surface area contributed by atoms with E-state index in [0.29, 0.717) is 12.3 Å². The first kappa shape index (κ1) is 12.5. The molecule has 1 saturated heterocycles. The first-order valence-electron chi connectivity index (χ1n) is 5.70. The molecule has 2 atom stereocenters. The van der Waals surface area contributed by atoms with Crippen molar-refractivity contribution in [2.75, 3.05) is 26.7 Å². The summed E-state index contributed by atoms with van der Waals surface area (Å²) >= 11 is 0. The molecule has 0 radical (unpaired) electrons. The number of nitrogens with zero attached hydrogens (tertiary/aromatic N) is 1. The average molecular weight is 214 g/mol. The second kappa shape index (κ2) is 6.08. The number of methoxy groups -OCH3 is 1. The van der Waals surface area contributed by atoms with Crippen molar-refractivity contribution in [3.05, 3.63) is 0 Å². The number of ether oxygens (including phenoxy) is 1. The van der Waals surface area contributed by atoms with E-state index in [4.69, 9.17) is 5.73 Å². The van der Waals surface area contributed by atoms with Crippen LogP contribution in [0.4, 0.5) is 0 Å². The van der Waals surface area contributed by atoms with E-state index in [1.165, 1.54) is 7.11 Å². The summed E-state index contributed by atoms with van der Waals surface area (Å²) in [5.74, 6) is 0.435. The van der Waals surface area contributed by atoms with E-state index >= 15 is 0 Å². The molecule has 0 bridgehead atoms. The third-order valence-corrected chi connectivity index (χ3v) is 3.08. The molecule has 1 heterocycles. The molecule has 1 rings (SSSR count). The Morgan fingerprint density at radius 2 is 2.27 bits per heavy atom. The van der Waals surface area contributed by atoms with Crippen LogP contribution in [0.3, 0.4) is 0 Å². The summed E-state index contributed by atoms with van der Waals surface area (Å²) in [6.45, 7) is 5.25. The lowest BCUT2D eigenvalue weighted by atomic mass is 9.91. The van der Waals surface area contributed by atoms with Gasteiger partial charge in [0.1, 0.15) is 0 Å². The van der Waals surface area contributed by atoms with Crippen molar-refractivity contribution in [1.82, 2.24) is 4.90 Å². The van der Waals surface area contributed by atoms with Crippen LogP contribution in [-0.4, -0.2) is 43.7 Å². The van der Waals surface area contributed by atoms with Gasteiger partial charge in [-0.15, -0.1) is 0 Å². The van der Waals surface area contributed by atoms with E-state index in [9.17, 15) is 4.79 Å². The van der Waals surface area contributed by atoms with E-state index < -0.39 is 0 Å². The van der Waals surface area contributed by atoms with Crippen LogP contribution >= 0.6 is 0 Å². The maximum absolute atomic E-state index is 11.0. The van der Waals surface area contributed by atoms with Crippen molar-refractivity contribution in [3.8, 4) is 0 Å². The molecule has 1 fully saturated rings. The van der Waals surface area contributed by atoms with Crippen LogP contribution in [0, 0.1) is 5.92 Å². The standard InChI is InChI=1S/C11H22N2O2/c1-3-13-7-9(6-10(12)8-13)4-5-11(14)15-2/h9-10H,3-8,12H2,1-2H3. The molecule has 0 aromatic rings. The first-order chi connectivity index (χ1) is 7.15. The summed E-state index contributed by atoms with van der Waals surface area (Å²) in [4.78, 5) is 13.4. The topological polar surface area (TPSA) is 55.6 Å². The van der Waals surface area contributed by atoms with E-state index in [1.807, 2.05) is 0 Å². The summed E-state index contributed by atoms with van der Waals surface area (Å²) in [6, 6.07) is 0.265. The van der Waals surface area contributed by atoms with Crippen molar-refractivity contribution >= 4 is 5.97 Å². The van der Waals surface area contributed by atoms with E-state index in [0.717, 1.165) is 32.5 Å². The van der Waals surface area contributed by atoms with Gasteiger partial charge < -0.3 is 15.4 Å². The summed E-state index contributed by atoms with van der Waals surface area (Å²) in [6.07, 6.45) is 2.45. The van der Waals surface area contributed by atoms with Crippen molar-refractivity contribution in [2.24, 2.45) is 11.7 Å². The molecule has 0 spiro atoms. The number of hydrogen-bond donors (Lipinski definition) is 1. The molecule has 0 saturated carbocycles. The second-order valence-corrected chi connectivity index (χ2v) is 4.33. The fraction of sp³-hybridized carbons (Fsp3) is 0.909. The highest BCUT2D eigenvalue weighted by molar-refractivity contribution is 5.69. The first-order valence-corrected chi connectivity index (χ1v) is 5.70. The van der Waals surface area contributed by atoms with Gasteiger partial charge in [-0.3, -0.25) is 4.79 Å². The van der Waals surface area contributed by atoms with Crippen LogP contribution in [0.2, 0.25) is 0 Å². The minimum atomic E-state index is -0.114. The van der Waals surface area contributed by atoms with Crippen molar-refractivity contribution in [1.29, 1.82) is 0 Å². The van der Waals surface area contributed by atoms with Crippen LogP contribution in [0.1, 0.15) is 26.2 Å². The minimum Gasteiger partial charge on any atom is -0.469 e. The van der Waals surface area contributed by atoms with Crippen LogP contribution in [0.15, 0.2) is 0 Å². The Hall–Kier alpha value is -0.610. The molecular formula is C11H22N2O2. The maximum atomic E-state index is 11.0. The Morgan fingerprint density at radius 3 is 2.87 bits per heavy atom. The predicted molar refractivity (Wildman–Crippen MR) is 59.4 cm³/mol. The number of esters is 1. The number of rotatable bonds is 4. The van der Waals surface area contributed by atoms with E-state index in [2.05, 4.69) is 16.6 Å². The molecule has 4 nitrogen and oxygen atoms in total. The monoisotopic (exact) mass is 214 g/mol. The number of hydrogen-bond acceptors (Lipinski definition) is 4. The van der Waals surface area contributed by atoms with Crippen LogP contribution < -0.4 is 5.73 Å². The molecular weight excluding hydrogens is 192 g/mol. The van der Waals surface area contributed by atoms with Gasteiger partial charge in [0.15, 0.2) is 0 Å². The van der Waals surface area contributed by atoms with Crippen molar-refractivity contribution < 1.29 is 9.53 Å². The fourth-order valence-corrected chi connectivity index (χ4v) is 2.24. The molecule has 4 heteroatoms. The number of piperidine rings is 1. The summed E-state index contributed by atoms with van der Waals surface area (Å²) in [7, 11) is 1.44.